The van der Waals surface area contributed by atoms with Gasteiger partial charge in [0, 0.05) is 34.4 Å². The minimum absolute atomic E-state index is 0.0631. The third-order valence-electron chi connectivity index (χ3n) is 5.86. The van der Waals surface area contributed by atoms with Crippen LogP contribution in [0, 0.1) is 0 Å². The Morgan fingerprint density at radius 3 is 2.60 bits per heavy atom. The van der Waals surface area contributed by atoms with E-state index in [4.69, 9.17) is 9.47 Å². The molecule has 0 amide bonds. The number of thiophene rings is 1. The summed E-state index contributed by atoms with van der Waals surface area (Å²) < 4.78 is 10.8. The molecule has 2 aromatic heterocycles. The number of allylic oxidation sites excluding steroid dienone is 2. The van der Waals surface area contributed by atoms with Gasteiger partial charge < -0.3 is 14.8 Å². The predicted molar refractivity (Wildman–Crippen MR) is 115 cm³/mol. The molecule has 3 N–H and O–H groups in total. The number of hydrogen-bond acceptors (Lipinski definition) is 6. The first-order valence-corrected chi connectivity index (χ1v) is 10.6. The van der Waals surface area contributed by atoms with Crippen LogP contribution in [0.25, 0.3) is 0 Å². The Morgan fingerprint density at radius 2 is 1.87 bits per heavy atom. The number of hydrogen-bond donors (Lipinski definition) is 3. The number of anilines is 1. The van der Waals surface area contributed by atoms with E-state index in [0.29, 0.717) is 34.9 Å². The van der Waals surface area contributed by atoms with E-state index in [1.165, 1.54) is 4.88 Å². The second kappa shape index (κ2) is 7.21. The maximum Gasteiger partial charge on any atom is 0.270 e. The van der Waals surface area contributed by atoms with Gasteiger partial charge in [-0.2, -0.15) is 0 Å². The van der Waals surface area contributed by atoms with Crippen LogP contribution in [0.5, 0.6) is 11.5 Å². The molecule has 1 aliphatic carbocycles. The molecule has 8 heteroatoms. The van der Waals surface area contributed by atoms with Crippen LogP contribution in [-0.4, -0.2) is 30.2 Å². The average molecular weight is 423 g/mol. The van der Waals surface area contributed by atoms with Crippen LogP contribution in [0.1, 0.15) is 40.7 Å². The van der Waals surface area contributed by atoms with Gasteiger partial charge in [-0.15, -0.1) is 11.3 Å². The number of aromatic nitrogens is 2. The number of Topliss-reactive ketones (excluding diaryl/α,β-unsaturated/α-hetero) is 1. The molecule has 2 atom stereocenters. The maximum absolute atomic E-state index is 13.4. The number of carbonyl (C=O) groups is 1. The van der Waals surface area contributed by atoms with Crippen molar-refractivity contribution in [2.75, 3.05) is 19.5 Å². The van der Waals surface area contributed by atoms with Crippen molar-refractivity contribution in [1.29, 1.82) is 0 Å². The number of fused-ring (bicyclic) bond motifs is 1. The van der Waals surface area contributed by atoms with Crippen LogP contribution in [-0.2, 0) is 4.79 Å². The highest BCUT2D eigenvalue weighted by Gasteiger charge is 2.40. The Hall–Kier alpha value is -3.26. The van der Waals surface area contributed by atoms with Crippen molar-refractivity contribution < 1.29 is 14.3 Å². The number of benzene rings is 1. The van der Waals surface area contributed by atoms with Gasteiger partial charge in [-0.05, 0) is 35.6 Å². The van der Waals surface area contributed by atoms with Crippen LogP contribution in [0.3, 0.4) is 0 Å². The molecule has 1 aliphatic heterocycles. The van der Waals surface area contributed by atoms with Gasteiger partial charge in [0.25, 0.3) is 5.56 Å². The van der Waals surface area contributed by atoms with E-state index in [1.807, 2.05) is 23.6 Å². The normalized spacial score (nSPS) is 20.4. The Labute approximate surface area is 176 Å². The van der Waals surface area contributed by atoms with E-state index < -0.39 is 5.92 Å². The van der Waals surface area contributed by atoms with Crippen molar-refractivity contribution in [3.05, 3.63) is 73.3 Å². The maximum atomic E-state index is 13.4. The minimum Gasteiger partial charge on any atom is -0.493 e. The topological polar surface area (TPSA) is 96.2 Å². The molecule has 1 aromatic carbocycles. The Kier molecular flexibility index (Phi) is 4.51. The fourth-order valence-electron chi connectivity index (χ4n) is 4.51. The molecule has 30 heavy (non-hydrogen) atoms. The van der Waals surface area contributed by atoms with Crippen molar-refractivity contribution >= 4 is 22.9 Å². The number of ether oxygens (including phenoxy) is 2. The zero-order valence-corrected chi connectivity index (χ0v) is 17.4. The fourth-order valence-corrected chi connectivity index (χ4v) is 5.34. The van der Waals surface area contributed by atoms with E-state index >= 15 is 0 Å². The van der Waals surface area contributed by atoms with Gasteiger partial charge in [0.15, 0.2) is 17.3 Å². The van der Waals surface area contributed by atoms with Gasteiger partial charge in [-0.25, -0.2) is 0 Å². The summed E-state index contributed by atoms with van der Waals surface area (Å²) in [5, 5.41) is 10.9. The zero-order valence-electron chi connectivity index (χ0n) is 16.6. The molecule has 0 saturated carbocycles. The van der Waals surface area contributed by atoms with Crippen molar-refractivity contribution in [1.82, 2.24) is 10.2 Å². The van der Waals surface area contributed by atoms with Crippen LogP contribution in [0.4, 0.5) is 5.82 Å². The minimum atomic E-state index is -0.470. The van der Waals surface area contributed by atoms with E-state index in [1.54, 1.807) is 31.6 Å². The molecule has 2 aliphatic rings. The highest BCUT2D eigenvalue weighted by Crippen LogP contribution is 2.47. The summed E-state index contributed by atoms with van der Waals surface area (Å²) in [6.45, 7) is 0. The quantitative estimate of drug-likeness (QED) is 0.594. The van der Waals surface area contributed by atoms with Crippen LogP contribution >= 0.6 is 11.3 Å². The predicted octanol–water partition coefficient (Wildman–Crippen LogP) is 3.74. The standard InChI is InChI=1S/C22H21N3O4S/c1-28-15-6-5-11(10-16(15)29-2)18-19-13(23-21-20(18)22(27)25-24-21)8-12(9-14(19)26)17-4-3-7-30-17/h3-7,10,12,18H,8-9H2,1-2H3,(H3,23,24,25,27)/t12-,18-/m1/s1. The third-order valence-corrected chi connectivity index (χ3v) is 6.90. The van der Waals surface area contributed by atoms with Crippen molar-refractivity contribution in [2.24, 2.45) is 0 Å². The number of aromatic amines is 2. The highest BCUT2D eigenvalue weighted by atomic mass is 32.1. The molecular weight excluding hydrogens is 402 g/mol. The lowest BCUT2D eigenvalue weighted by molar-refractivity contribution is -0.116. The lowest BCUT2D eigenvalue weighted by Crippen LogP contribution is -2.31. The van der Waals surface area contributed by atoms with Crippen molar-refractivity contribution in [3.63, 3.8) is 0 Å². The lowest BCUT2D eigenvalue weighted by Gasteiger charge is -2.34. The molecule has 0 bridgehead atoms. The lowest BCUT2D eigenvalue weighted by atomic mass is 9.74. The summed E-state index contributed by atoms with van der Waals surface area (Å²) in [4.78, 5) is 27.2. The van der Waals surface area contributed by atoms with E-state index in [2.05, 4.69) is 21.6 Å². The molecule has 0 unspecified atom stereocenters. The number of rotatable bonds is 4. The first-order chi connectivity index (χ1) is 14.6. The summed E-state index contributed by atoms with van der Waals surface area (Å²) in [6.07, 6.45) is 1.15. The van der Waals surface area contributed by atoms with Crippen LogP contribution in [0.15, 0.2) is 51.8 Å². The second-order valence-corrected chi connectivity index (χ2v) is 8.46. The Balaban J connectivity index is 1.66. The number of nitrogens with one attached hydrogen (secondary N) is 3. The zero-order chi connectivity index (χ0) is 20.8. The van der Waals surface area contributed by atoms with E-state index in [0.717, 1.165) is 17.7 Å². The van der Waals surface area contributed by atoms with Gasteiger partial charge in [0.1, 0.15) is 5.82 Å². The summed E-state index contributed by atoms with van der Waals surface area (Å²) in [5.74, 6) is 1.50. The van der Waals surface area contributed by atoms with Crippen molar-refractivity contribution in [3.8, 4) is 11.5 Å². The summed E-state index contributed by atoms with van der Waals surface area (Å²) >= 11 is 1.67. The van der Waals surface area contributed by atoms with Gasteiger partial charge in [0.05, 0.1) is 19.8 Å². The number of methoxy groups -OCH3 is 2. The van der Waals surface area contributed by atoms with Gasteiger partial charge in [-0.1, -0.05) is 12.1 Å². The SMILES string of the molecule is COc1ccc([C@@H]2C3=C(C[C@@H](c4cccs4)CC3=O)Nc3[nH][nH]c(=O)c32)cc1OC. The third kappa shape index (κ3) is 2.87. The van der Waals surface area contributed by atoms with Crippen LogP contribution in [0.2, 0.25) is 0 Å². The Bertz CT molecular complexity index is 1210. The van der Waals surface area contributed by atoms with E-state index in [9.17, 15) is 9.59 Å². The fraction of sp³-hybridized carbons (Fsp3) is 0.273. The number of ketones is 1. The van der Waals surface area contributed by atoms with Gasteiger partial charge in [-0.3, -0.25) is 19.8 Å². The summed E-state index contributed by atoms with van der Waals surface area (Å²) in [6, 6.07) is 9.62. The summed E-state index contributed by atoms with van der Waals surface area (Å²) in [5.41, 5.74) is 2.62. The molecule has 3 aromatic rings. The summed E-state index contributed by atoms with van der Waals surface area (Å²) in [7, 11) is 3.15. The molecule has 0 saturated heterocycles. The molecule has 0 fully saturated rings. The van der Waals surface area contributed by atoms with Gasteiger partial charge >= 0.3 is 0 Å². The van der Waals surface area contributed by atoms with Gasteiger partial charge in [0.2, 0.25) is 0 Å². The molecule has 0 radical (unpaired) electrons. The molecule has 154 valence electrons. The average Bonchev–Trinajstić information content (AvgIpc) is 3.42. The Morgan fingerprint density at radius 1 is 1.03 bits per heavy atom. The molecule has 3 heterocycles. The molecular formula is C22H21N3O4S. The molecule has 5 rings (SSSR count). The molecule has 7 nitrogen and oxygen atoms in total. The first kappa shape index (κ1) is 18.7. The first-order valence-electron chi connectivity index (χ1n) is 9.69. The molecule has 0 spiro atoms. The largest absolute Gasteiger partial charge is 0.493 e. The highest BCUT2D eigenvalue weighted by molar-refractivity contribution is 7.10. The smallest absolute Gasteiger partial charge is 0.270 e. The van der Waals surface area contributed by atoms with E-state index in [-0.39, 0.29) is 17.3 Å². The second-order valence-electron chi connectivity index (χ2n) is 7.48. The number of H-pyrrole nitrogens is 2. The monoisotopic (exact) mass is 423 g/mol. The van der Waals surface area contributed by atoms with Crippen LogP contribution < -0.4 is 20.3 Å². The number of carbonyl (C=O) groups excluding carboxylic acids is 1. The van der Waals surface area contributed by atoms with Crippen molar-refractivity contribution in [2.45, 2.75) is 24.7 Å².